The van der Waals surface area contributed by atoms with Crippen molar-refractivity contribution in [3.63, 3.8) is 0 Å². The molecule has 3 aromatic rings. The molecule has 0 radical (unpaired) electrons. The van der Waals surface area contributed by atoms with Gasteiger partial charge in [-0.1, -0.05) is 26.8 Å². The maximum Gasteiger partial charge on any atom is 0.226 e. The Labute approximate surface area is 128 Å². The second-order valence-electron chi connectivity index (χ2n) is 6.50. The molecule has 0 aromatic carbocycles. The van der Waals surface area contributed by atoms with E-state index in [0.29, 0.717) is 23.3 Å². The lowest BCUT2D eigenvalue weighted by Crippen LogP contribution is -2.13. The SMILES string of the molecule is Cc1nc2nonc2c(N)c1Cc1ccc(C(C)(C)C)nc1. The predicted molar refractivity (Wildman–Crippen MR) is 84.5 cm³/mol. The molecular formula is C16H19N5O. The van der Waals surface area contributed by atoms with Crippen molar-refractivity contribution in [3.8, 4) is 0 Å². The summed E-state index contributed by atoms with van der Waals surface area (Å²) in [6.45, 7) is 8.35. The summed E-state index contributed by atoms with van der Waals surface area (Å²) in [5, 5.41) is 7.56. The summed E-state index contributed by atoms with van der Waals surface area (Å²) in [6.07, 6.45) is 2.55. The third-order valence-electron chi connectivity index (χ3n) is 3.74. The van der Waals surface area contributed by atoms with Crippen molar-refractivity contribution in [2.24, 2.45) is 0 Å². The van der Waals surface area contributed by atoms with Gasteiger partial charge in [-0.15, -0.1) is 0 Å². The highest BCUT2D eigenvalue weighted by atomic mass is 16.6. The van der Waals surface area contributed by atoms with Gasteiger partial charge in [0.05, 0.1) is 5.69 Å². The smallest absolute Gasteiger partial charge is 0.226 e. The van der Waals surface area contributed by atoms with E-state index in [-0.39, 0.29) is 5.41 Å². The Hall–Kier alpha value is -2.50. The molecule has 114 valence electrons. The van der Waals surface area contributed by atoms with Crippen LogP contribution in [0.4, 0.5) is 5.69 Å². The van der Waals surface area contributed by atoms with Gasteiger partial charge in [0.25, 0.3) is 0 Å². The highest BCUT2D eigenvalue weighted by Crippen LogP contribution is 2.26. The summed E-state index contributed by atoms with van der Waals surface area (Å²) in [5.41, 5.74) is 11.7. The Morgan fingerprint density at radius 2 is 1.95 bits per heavy atom. The standard InChI is InChI=1S/C16H19N5O/c1-9-11(13(17)14-15(19-9)21-22-20-14)7-10-5-6-12(18-8-10)16(2,3)4/h5-6,8H,7,17H2,1-4H3. The highest BCUT2D eigenvalue weighted by molar-refractivity contribution is 5.85. The van der Waals surface area contributed by atoms with Crippen LogP contribution in [0.1, 0.15) is 43.3 Å². The van der Waals surface area contributed by atoms with Gasteiger partial charge in [-0.05, 0) is 28.9 Å². The summed E-state index contributed by atoms with van der Waals surface area (Å²) in [6, 6.07) is 4.14. The molecule has 3 rings (SSSR count). The van der Waals surface area contributed by atoms with E-state index in [0.717, 1.165) is 22.5 Å². The van der Waals surface area contributed by atoms with Crippen molar-refractivity contribution in [3.05, 3.63) is 40.8 Å². The first-order valence-electron chi connectivity index (χ1n) is 7.19. The Morgan fingerprint density at radius 1 is 1.18 bits per heavy atom. The number of pyridine rings is 2. The quantitative estimate of drug-likeness (QED) is 0.782. The molecule has 22 heavy (non-hydrogen) atoms. The molecule has 0 bridgehead atoms. The first-order valence-corrected chi connectivity index (χ1v) is 7.19. The van der Waals surface area contributed by atoms with Crippen molar-refractivity contribution < 1.29 is 4.63 Å². The highest BCUT2D eigenvalue weighted by Gasteiger charge is 2.17. The number of hydrogen-bond donors (Lipinski definition) is 1. The summed E-state index contributed by atoms with van der Waals surface area (Å²) in [5.74, 6) is 0. The molecule has 6 heteroatoms. The Kier molecular flexibility index (Phi) is 3.31. The van der Waals surface area contributed by atoms with Crippen LogP contribution in [-0.4, -0.2) is 20.3 Å². The van der Waals surface area contributed by atoms with E-state index >= 15 is 0 Å². The van der Waals surface area contributed by atoms with Crippen molar-refractivity contribution in [2.75, 3.05) is 5.73 Å². The molecule has 0 saturated carbocycles. The van der Waals surface area contributed by atoms with Crippen LogP contribution in [0.25, 0.3) is 11.2 Å². The summed E-state index contributed by atoms with van der Waals surface area (Å²) in [4.78, 5) is 8.93. The van der Waals surface area contributed by atoms with Crippen molar-refractivity contribution >= 4 is 16.9 Å². The lowest BCUT2D eigenvalue weighted by atomic mass is 9.91. The number of rotatable bonds is 2. The molecule has 0 saturated heterocycles. The normalized spacial score (nSPS) is 12.0. The average Bonchev–Trinajstić information content (AvgIpc) is 2.91. The molecule has 0 aliphatic carbocycles. The monoisotopic (exact) mass is 297 g/mol. The second-order valence-corrected chi connectivity index (χ2v) is 6.50. The summed E-state index contributed by atoms with van der Waals surface area (Å²) >= 11 is 0. The van der Waals surface area contributed by atoms with Gasteiger partial charge in [-0.25, -0.2) is 9.61 Å². The van der Waals surface area contributed by atoms with Crippen molar-refractivity contribution in [2.45, 2.75) is 39.5 Å². The van der Waals surface area contributed by atoms with Crippen LogP contribution in [0.15, 0.2) is 23.0 Å². The zero-order valence-corrected chi connectivity index (χ0v) is 13.2. The van der Waals surface area contributed by atoms with Crippen LogP contribution in [0.2, 0.25) is 0 Å². The molecule has 0 fully saturated rings. The maximum atomic E-state index is 6.19. The van der Waals surface area contributed by atoms with Crippen LogP contribution in [-0.2, 0) is 11.8 Å². The second kappa shape index (κ2) is 5.05. The van der Waals surface area contributed by atoms with Crippen LogP contribution in [0, 0.1) is 6.92 Å². The minimum absolute atomic E-state index is 0.0420. The van der Waals surface area contributed by atoms with Crippen LogP contribution >= 0.6 is 0 Å². The number of fused-ring (bicyclic) bond motifs is 1. The van der Waals surface area contributed by atoms with E-state index < -0.39 is 0 Å². The molecule has 0 spiro atoms. The third kappa shape index (κ3) is 2.52. The first-order chi connectivity index (χ1) is 10.4. The van der Waals surface area contributed by atoms with Crippen LogP contribution < -0.4 is 5.73 Å². The van der Waals surface area contributed by atoms with Crippen LogP contribution in [0.5, 0.6) is 0 Å². The van der Waals surface area contributed by atoms with Crippen molar-refractivity contribution in [1.82, 2.24) is 20.3 Å². The van der Waals surface area contributed by atoms with E-state index in [1.807, 2.05) is 13.1 Å². The van der Waals surface area contributed by atoms with Gasteiger partial charge >= 0.3 is 0 Å². The van der Waals surface area contributed by atoms with Gasteiger partial charge in [0.2, 0.25) is 5.65 Å². The van der Waals surface area contributed by atoms with Crippen molar-refractivity contribution in [1.29, 1.82) is 0 Å². The molecule has 3 heterocycles. The van der Waals surface area contributed by atoms with E-state index in [1.54, 1.807) is 0 Å². The van der Waals surface area contributed by atoms with Gasteiger partial charge in [0.15, 0.2) is 5.52 Å². The van der Waals surface area contributed by atoms with Gasteiger partial charge < -0.3 is 5.73 Å². The minimum atomic E-state index is 0.0420. The molecule has 3 aromatic heterocycles. The molecule has 0 atom stereocenters. The Morgan fingerprint density at radius 3 is 2.59 bits per heavy atom. The van der Waals surface area contributed by atoms with Gasteiger partial charge in [-0.2, -0.15) is 0 Å². The fraction of sp³-hybridized carbons (Fsp3) is 0.375. The van der Waals surface area contributed by atoms with E-state index in [9.17, 15) is 0 Å². The maximum absolute atomic E-state index is 6.19. The largest absolute Gasteiger partial charge is 0.396 e. The zero-order valence-electron chi connectivity index (χ0n) is 13.2. The summed E-state index contributed by atoms with van der Waals surface area (Å²) in [7, 11) is 0. The Bertz CT molecular complexity index is 815. The van der Waals surface area contributed by atoms with Gasteiger partial charge in [-0.3, -0.25) is 4.98 Å². The van der Waals surface area contributed by atoms with Crippen LogP contribution in [0.3, 0.4) is 0 Å². The fourth-order valence-corrected chi connectivity index (χ4v) is 2.39. The number of nitrogens with zero attached hydrogens (tertiary/aromatic N) is 4. The number of anilines is 1. The Balaban J connectivity index is 1.96. The molecular weight excluding hydrogens is 278 g/mol. The van der Waals surface area contributed by atoms with Gasteiger partial charge in [0.1, 0.15) is 0 Å². The molecule has 0 aliphatic rings. The lowest BCUT2D eigenvalue weighted by Gasteiger charge is -2.17. The number of aromatic nitrogens is 4. The summed E-state index contributed by atoms with van der Waals surface area (Å²) < 4.78 is 4.70. The topological polar surface area (TPSA) is 90.7 Å². The fourth-order valence-electron chi connectivity index (χ4n) is 2.39. The molecule has 0 unspecified atom stereocenters. The molecule has 6 nitrogen and oxygen atoms in total. The van der Waals surface area contributed by atoms with E-state index in [1.165, 1.54) is 0 Å². The first kappa shape index (κ1) is 14.4. The van der Waals surface area contributed by atoms with E-state index in [2.05, 4.69) is 53.2 Å². The predicted octanol–water partition coefficient (Wildman–Crippen LogP) is 2.79. The number of nitrogens with two attached hydrogens (primary N) is 1. The molecule has 2 N–H and O–H groups in total. The lowest BCUT2D eigenvalue weighted by molar-refractivity contribution is 0.315. The number of nitrogen functional groups attached to an aromatic ring is 1. The molecule has 0 amide bonds. The minimum Gasteiger partial charge on any atom is -0.396 e. The molecule has 0 aliphatic heterocycles. The van der Waals surface area contributed by atoms with Gasteiger partial charge in [0, 0.05) is 35.0 Å². The zero-order chi connectivity index (χ0) is 15.9. The number of aryl methyl sites for hydroxylation is 1. The third-order valence-corrected chi connectivity index (χ3v) is 3.74. The average molecular weight is 297 g/mol. The van der Waals surface area contributed by atoms with E-state index in [4.69, 9.17) is 10.4 Å². The number of hydrogen-bond acceptors (Lipinski definition) is 6.